The molecule has 1 aliphatic heterocycles. The summed E-state index contributed by atoms with van der Waals surface area (Å²) in [6.07, 6.45) is 2.26. The predicted octanol–water partition coefficient (Wildman–Crippen LogP) is 4.94. The van der Waals surface area contributed by atoms with Gasteiger partial charge in [-0.05, 0) is 37.5 Å². The number of halogens is 2. The maximum absolute atomic E-state index is 14.2. The van der Waals surface area contributed by atoms with E-state index in [0.29, 0.717) is 22.4 Å². The van der Waals surface area contributed by atoms with E-state index in [4.69, 9.17) is 16.0 Å². The van der Waals surface area contributed by atoms with Gasteiger partial charge in [0, 0.05) is 43.0 Å². The number of H-pyrrole nitrogens is 1. The molecule has 5 rings (SSSR count). The lowest BCUT2D eigenvalue weighted by molar-refractivity contribution is 0.0251. The van der Waals surface area contributed by atoms with Crippen LogP contribution in [0.15, 0.2) is 52.0 Å². The van der Waals surface area contributed by atoms with Crippen LogP contribution < -0.4 is 4.72 Å². The van der Waals surface area contributed by atoms with Gasteiger partial charge in [0.05, 0.1) is 22.5 Å². The summed E-state index contributed by atoms with van der Waals surface area (Å²) in [6.45, 7) is 9.86. The molecule has 0 radical (unpaired) electrons. The van der Waals surface area contributed by atoms with Crippen molar-refractivity contribution < 1.29 is 26.8 Å². The van der Waals surface area contributed by atoms with Crippen LogP contribution in [0.25, 0.3) is 22.4 Å². The molecule has 0 saturated carbocycles. The molecule has 1 aromatic carbocycles. The number of hydrogen-bond donors (Lipinski definition) is 2. The number of piperazine rings is 1. The van der Waals surface area contributed by atoms with E-state index >= 15 is 0 Å². The largest absolute Gasteiger partial charge is 0.449 e. The summed E-state index contributed by atoms with van der Waals surface area (Å²) in [7, 11) is -4.10. The molecule has 3 amide bonds. The third-order valence-corrected chi connectivity index (χ3v) is 8.75. The quantitative estimate of drug-likeness (QED) is 0.331. The van der Waals surface area contributed by atoms with Crippen molar-refractivity contribution >= 4 is 44.7 Å². The molecule has 0 aliphatic carbocycles. The third kappa shape index (κ3) is 5.58. The Kier molecular flexibility index (Phi) is 7.30. The highest BCUT2D eigenvalue weighted by molar-refractivity contribution is 7.90. The fraction of sp³-hybridized carbons (Fsp3) is 0.357. The van der Waals surface area contributed by atoms with E-state index in [-0.39, 0.29) is 35.3 Å². The van der Waals surface area contributed by atoms with Crippen molar-refractivity contribution in [2.75, 3.05) is 19.6 Å². The molecule has 1 aliphatic rings. The summed E-state index contributed by atoms with van der Waals surface area (Å²) in [5, 5.41) is 6.01. The number of aromatic amines is 1. The molecule has 0 atom stereocenters. The van der Waals surface area contributed by atoms with E-state index in [2.05, 4.69) is 15.2 Å². The van der Waals surface area contributed by atoms with E-state index < -0.39 is 38.7 Å². The normalized spacial score (nSPS) is 15.7. The summed E-state index contributed by atoms with van der Waals surface area (Å²) < 4.78 is 47.3. The number of sulfonamides is 1. The highest BCUT2D eigenvalue weighted by Crippen LogP contribution is 2.36. The summed E-state index contributed by atoms with van der Waals surface area (Å²) in [5.41, 5.74) is 1.46. The van der Waals surface area contributed by atoms with Gasteiger partial charge in [-0.3, -0.25) is 9.89 Å². The molecule has 222 valence electrons. The van der Waals surface area contributed by atoms with Gasteiger partial charge in [-0.15, -0.1) is 0 Å². The van der Waals surface area contributed by atoms with Crippen molar-refractivity contribution in [2.45, 2.75) is 50.5 Å². The molecule has 4 heterocycles. The Morgan fingerprint density at radius 1 is 1.17 bits per heavy atom. The number of amides is 3. The second-order valence-corrected chi connectivity index (χ2v) is 13.9. The molecule has 3 aromatic heterocycles. The van der Waals surface area contributed by atoms with Crippen LogP contribution in [0.3, 0.4) is 0 Å². The number of carbonyl (C=O) groups excluding carboxylic acids is 2. The van der Waals surface area contributed by atoms with Gasteiger partial charge in [0.1, 0.15) is 16.2 Å². The van der Waals surface area contributed by atoms with Crippen LogP contribution >= 0.6 is 11.6 Å². The van der Waals surface area contributed by atoms with Crippen LogP contribution in [0.5, 0.6) is 0 Å². The molecule has 0 spiro atoms. The number of hydrogen-bond acceptors (Lipinski definition) is 7. The van der Waals surface area contributed by atoms with E-state index in [1.165, 1.54) is 23.2 Å². The van der Waals surface area contributed by atoms with E-state index in [1.54, 1.807) is 30.9 Å². The zero-order chi connectivity index (χ0) is 30.6. The van der Waals surface area contributed by atoms with Gasteiger partial charge < -0.3 is 14.2 Å². The van der Waals surface area contributed by atoms with Gasteiger partial charge in [0.2, 0.25) is 0 Å². The monoisotopic (exact) mass is 616 g/mol. The fourth-order valence-corrected chi connectivity index (χ4v) is 5.94. The van der Waals surface area contributed by atoms with Crippen molar-refractivity contribution in [2.24, 2.45) is 0 Å². The lowest BCUT2D eigenvalue weighted by Crippen LogP contribution is -2.63. The number of pyridine rings is 1. The van der Waals surface area contributed by atoms with Gasteiger partial charge in [-0.2, -0.15) is 5.10 Å². The molecular weight excluding hydrogens is 587 g/mol. The van der Waals surface area contributed by atoms with E-state index in [0.717, 1.165) is 11.8 Å². The highest BCUT2D eigenvalue weighted by atomic mass is 35.5. The van der Waals surface area contributed by atoms with Crippen molar-refractivity contribution in [3.63, 3.8) is 0 Å². The molecule has 4 aromatic rings. The molecular formula is C28H30ClFN6O5S. The number of nitrogens with zero attached hydrogens (tertiary/aromatic N) is 4. The average molecular weight is 617 g/mol. The van der Waals surface area contributed by atoms with Crippen LogP contribution in [-0.4, -0.2) is 70.5 Å². The van der Waals surface area contributed by atoms with Crippen LogP contribution in [0, 0.1) is 5.82 Å². The second-order valence-electron chi connectivity index (χ2n) is 11.8. The summed E-state index contributed by atoms with van der Waals surface area (Å²) in [5.74, 6) is -0.899. The van der Waals surface area contributed by atoms with E-state index in [9.17, 15) is 22.4 Å². The first-order valence-corrected chi connectivity index (χ1v) is 15.0. The van der Waals surface area contributed by atoms with Crippen LogP contribution in [0.1, 0.15) is 50.7 Å². The number of carbonyl (C=O) groups is 2. The fourth-order valence-electron chi connectivity index (χ4n) is 4.95. The number of nitrogens with one attached hydrogen (secondary N) is 2. The number of furan rings is 1. The maximum atomic E-state index is 14.2. The molecule has 1 saturated heterocycles. The number of benzene rings is 1. The summed E-state index contributed by atoms with van der Waals surface area (Å²) in [6, 6.07) is 7.04. The summed E-state index contributed by atoms with van der Waals surface area (Å²) >= 11 is 5.87. The lowest BCUT2D eigenvalue weighted by Gasteiger charge is -2.46. The van der Waals surface area contributed by atoms with Crippen LogP contribution in [0.4, 0.5) is 9.18 Å². The minimum atomic E-state index is -4.10. The Morgan fingerprint density at radius 3 is 2.52 bits per heavy atom. The first-order chi connectivity index (χ1) is 19.6. The Hall–Kier alpha value is -3.97. The van der Waals surface area contributed by atoms with Crippen LogP contribution in [0.2, 0.25) is 5.02 Å². The van der Waals surface area contributed by atoms with Gasteiger partial charge in [-0.1, -0.05) is 38.4 Å². The summed E-state index contributed by atoms with van der Waals surface area (Å²) in [4.78, 5) is 34.0. The van der Waals surface area contributed by atoms with Crippen molar-refractivity contribution in [3.8, 4) is 11.3 Å². The minimum absolute atomic E-state index is 0.00634. The van der Waals surface area contributed by atoms with Crippen molar-refractivity contribution in [1.29, 1.82) is 0 Å². The van der Waals surface area contributed by atoms with Crippen molar-refractivity contribution in [3.05, 3.63) is 64.9 Å². The predicted molar refractivity (Wildman–Crippen MR) is 154 cm³/mol. The maximum Gasteiger partial charge on any atom is 0.331 e. The molecule has 0 bridgehead atoms. The molecule has 11 nitrogen and oxygen atoms in total. The molecule has 42 heavy (non-hydrogen) atoms. The first-order valence-electron chi connectivity index (χ1n) is 13.1. The average Bonchev–Trinajstić information content (AvgIpc) is 3.59. The lowest BCUT2D eigenvalue weighted by atomic mass is 9.86. The van der Waals surface area contributed by atoms with Gasteiger partial charge >= 0.3 is 6.03 Å². The van der Waals surface area contributed by atoms with Gasteiger partial charge in [0.15, 0.2) is 11.3 Å². The Balaban J connectivity index is 1.41. The van der Waals surface area contributed by atoms with Crippen LogP contribution in [-0.2, 0) is 15.4 Å². The van der Waals surface area contributed by atoms with Gasteiger partial charge in [-0.25, -0.2) is 27.3 Å². The number of aromatic nitrogens is 3. The zero-order valence-electron chi connectivity index (χ0n) is 23.7. The number of rotatable bonds is 4. The SMILES string of the molecule is CC(C)(C)c1cc(-c2ccc(Cl)c(F)c2)nc2cc(C(=O)N3CCN(C(=O)NS(=O)(=O)c4cn[nH]c4)CC3(C)C)oc12. The van der Waals surface area contributed by atoms with Gasteiger partial charge in [0.25, 0.3) is 15.9 Å². The second kappa shape index (κ2) is 10.4. The highest BCUT2D eigenvalue weighted by Gasteiger charge is 2.40. The minimum Gasteiger partial charge on any atom is -0.449 e. The topological polar surface area (TPSA) is 142 Å². The standard InChI is InChI=1S/C28H30ClFN6O5S/c1-27(2,3)18-11-21(16-6-7-19(29)20(30)10-16)33-22-12-23(41-24(18)22)25(37)36-9-8-35(15-28(36,4)5)26(38)34-42(39,40)17-13-31-32-14-17/h6-7,10-14H,8-9,15H2,1-5H3,(H,31,32)(H,34,38). The Labute approximate surface area is 247 Å². The first kappa shape index (κ1) is 29.5. The van der Waals surface area contributed by atoms with Crippen molar-refractivity contribution in [1.82, 2.24) is 29.7 Å². The zero-order valence-corrected chi connectivity index (χ0v) is 25.2. The Morgan fingerprint density at radius 2 is 1.90 bits per heavy atom. The van der Waals surface area contributed by atoms with E-state index in [1.807, 2.05) is 31.6 Å². The molecule has 14 heteroatoms. The smallest absolute Gasteiger partial charge is 0.331 e. The third-order valence-electron chi connectivity index (χ3n) is 7.15. The molecule has 0 unspecified atom stereocenters. The Bertz CT molecular complexity index is 1800. The molecule has 2 N–H and O–H groups in total. The number of urea groups is 1. The molecule has 1 fully saturated rings. The number of fused-ring (bicyclic) bond motifs is 1.